The molecule has 0 fully saturated rings. The molecule has 1 heterocycles. The first-order chi connectivity index (χ1) is 8.29. The van der Waals surface area contributed by atoms with E-state index in [-0.39, 0.29) is 23.6 Å². The zero-order chi connectivity index (χ0) is 13.8. The number of nitrogens with two attached hydrogens (primary N) is 1. The summed E-state index contributed by atoms with van der Waals surface area (Å²) < 4.78 is 0. The first kappa shape index (κ1) is 14.4. The summed E-state index contributed by atoms with van der Waals surface area (Å²) in [6, 6.07) is 3.29. The summed E-state index contributed by atoms with van der Waals surface area (Å²) in [5.74, 6) is -0.360. The van der Waals surface area contributed by atoms with E-state index in [0.717, 1.165) is 0 Å². The third-order valence-corrected chi connectivity index (χ3v) is 2.40. The van der Waals surface area contributed by atoms with Crippen LogP contribution in [0.5, 0.6) is 0 Å². The van der Waals surface area contributed by atoms with Crippen molar-refractivity contribution in [1.82, 2.24) is 10.3 Å². The van der Waals surface area contributed by atoms with E-state index >= 15 is 0 Å². The quantitative estimate of drug-likeness (QED) is 0.750. The van der Waals surface area contributed by atoms with Crippen molar-refractivity contribution in [2.24, 2.45) is 5.41 Å². The summed E-state index contributed by atoms with van der Waals surface area (Å²) in [7, 11) is 0. The van der Waals surface area contributed by atoms with Gasteiger partial charge in [0.05, 0.1) is 11.8 Å². The maximum absolute atomic E-state index is 11.8. The van der Waals surface area contributed by atoms with E-state index in [1.165, 1.54) is 6.20 Å². The molecule has 18 heavy (non-hydrogen) atoms. The first-order valence-electron chi connectivity index (χ1n) is 5.96. The Morgan fingerprint density at radius 3 is 2.78 bits per heavy atom. The number of nitrogen functional groups attached to an aromatic ring is 1. The Morgan fingerprint density at radius 2 is 2.22 bits per heavy atom. The van der Waals surface area contributed by atoms with Gasteiger partial charge in [0.15, 0.2) is 5.69 Å². The number of aromatic nitrogens is 1. The number of carbonyl (C=O) groups excluding carboxylic acids is 1. The summed E-state index contributed by atoms with van der Waals surface area (Å²) in [6.07, 6.45) is 1.56. The Balaban J connectivity index is 2.50. The zero-order valence-corrected chi connectivity index (χ0v) is 11.1. The van der Waals surface area contributed by atoms with Gasteiger partial charge in [-0.2, -0.15) is 0 Å². The van der Waals surface area contributed by atoms with Crippen molar-refractivity contribution in [2.45, 2.75) is 33.3 Å². The van der Waals surface area contributed by atoms with E-state index in [2.05, 4.69) is 10.3 Å². The van der Waals surface area contributed by atoms with Gasteiger partial charge in [0, 0.05) is 12.7 Å². The molecule has 0 aliphatic rings. The van der Waals surface area contributed by atoms with Gasteiger partial charge < -0.3 is 16.2 Å². The average molecular weight is 251 g/mol. The number of nitrogens with zero attached hydrogens (tertiary/aromatic N) is 1. The van der Waals surface area contributed by atoms with Crippen molar-refractivity contribution >= 4 is 11.6 Å². The number of carbonyl (C=O) groups is 1. The summed E-state index contributed by atoms with van der Waals surface area (Å²) in [5, 5.41) is 12.4. The van der Waals surface area contributed by atoms with Crippen LogP contribution in [0.15, 0.2) is 18.3 Å². The first-order valence-corrected chi connectivity index (χ1v) is 5.96. The number of anilines is 1. The highest BCUT2D eigenvalue weighted by atomic mass is 16.3. The van der Waals surface area contributed by atoms with Gasteiger partial charge in [0.25, 0.3) is 5.91 Å². The number of pyridine rings is 1. The van der Waals surface area contributed by atoms with Crippen molar-refractivity contribution < 1.29 is 9.90 Å². The number of amides is 1. The van der Waals surface area contributed by atoms with Gasteiger partial charge in [-0.25, -0.2) is 4.98 Å². The molecule has 0 spiro atoms. The summed E-state index contributed by atoms with van der Waals surface area (Å²) in [6.45, 7) is 6.31. The molecular weight excluding hydrogens is 230 g/mol. The predicted molar refractivity (Wildman–Crippen MR) is 71.1 cm³/mol. The van der Waals surface area contributed by atoms with E-state index in [9.17, 15) is 9.90 Å². The molecule has 1 aromatic rings. The molecule has 1 rings (SSSR count). The Labute approximate surface area is 107 Å². The zero-order valence-electron chi connectivity index (χ0n) is 11.1. The molecule has 1 aromatic heterocycles. The largest absolute Gasteiger partial charge is 0.397 e. The number of nitrogens with one attached hydrogen (secondary N) is 1. The van der Waals surface area contributed by atoms with Crippen molar-refractivity contribution in [3.63, 3.8) is 0 Å². The van der Waals surface area contributed by atoms with E-state index in [1.807, 2.05) is 20.8 Å². The van der Waals surface area contributed by atoms with Crippen LogP contribution in [-0.4, -0.2) is 28.6 Å². The monoisotopic (exact) mass is 251 g/mol. The van der Waals surface area contributed by atoms with Crippen molar-refractivity contribution in [3.05, 3.63) is 24.0 Å². The second-order valence-electron chi connectivity index (χ2n) is 5.57. The van der Waals surface area contributed by atoms with Crippen LogP contribution in [0, 0.1) is 5.41 Å². The van der Waals surface area contributed by atoms with Gasteiger partial charge in [0.2, 0.25) is 0 Å². The molecular formula is C13H21N3O2. The maximum Gasteiger partial charge on any atom is 0.272 e. The lowest BCUT2D eigenvalue weighted by Crippen LogP contribution is -2.34. The van der Waals surface area contributed by atoms with Crippen LogP contribution in [0.1, 0.15) is 37.7 Å². The number of rotatable bonds is 4. The minimum atomic E-state index is -0.570. The average Bonchev–Trinajstić information content (AvgIpc) is 2.24. The minimum Gasteiger partial charge on any atom is -0.397 e. The molecule has 1 unspecified atom stereocenters. The van der Waals surface area contributed by atoms with Crippen LogP contribution < -0.4 is 11.1 Å². The fraction of sp³-hybridized carbons (Fsp3) is 0.538. The second-order valence-corrected chi connectivity index (χ2v) is 5.57. The van der Waals surface area contributed by atoms with Crippen LogP contribution >= 0.6 is 0 Å². The third-order valence-electron chi connectivity index (χ3n) is 2.40. The highest BCUT2D eigenvalue weighted by Crippen LogP contribution is 2.20. The van der Waals surface area contributed by atoms with Gasteiger partial charge in [-0.1, -0.05) is 20.8 Å². The minimum absolute atomic E-state index is 0.0220. The van der Waals surface area contributed by atoms with Crippen molar-refractivity contribution in [2.75, 3.05) is 12.3 Å². The van der Waals surface area contributed by atoms with Crippen molar-refractivity contribution in [3.8, 4) is 0 Å². The maximum atomic E-state index is 11.8. The molecule has 0 saturated heterocycles. The number of hydrogen-bond donors (Lipinski definition) is 3. The van der Waals surface area contributed by atoms with Crippen LogP contribution in [-0.2, 0) is 0 Å². The SMILES string of the molecule is CC(C)(C)CC(O)CNC(=O)c1ncccc1N. The highest BCUT2D eigenvalue weighted by Gasteiger charge is 2.18. The normalized spacial score (nSPS) is 13.1. The second kappa shape index (κ2) is 5.82. The summed E-state index contributed by atoms with van der Waals surface area (Å²) >= 11 is 0. The number of hydrogen-bond acceptors (Lipinski definition) is 4. The lowest BCUT2D eigenvalue weighted by Gasteiger charge is -2.22. The van der Waals surface area contributed by atoms with E-state index in [0.29, 0.717) is 12.1 Å². The summed E-state index contributed by atoms with van der Waals surface area (Å²) in [4.78, 5) is 15.7. The van der Waals surface area contributed by atoms with E-state index < -0.39 is 6.10 Å². The molecule has 1 amide bonds. The van der Waals surface area contributed by atoms with Gasteiger partial charge >= 0.3 is 0 Å². The van der Waals surface area contributed by atoms with Gasteiger partial charge in [-0.05, 0) is 24.0 Å². The Bertz CT molecular complexity index is 413. The predicted octanol–water partition coefficient (Wildman–Crippen LogP) is 1.19. The Morgan fingerprint density at radius 1 is 1.56 bits per heavy atom. The number of aliphatic hydroxyl groups excluding tert-OH is 1. The molecule has 0 aromatic carbocycles. The lowest BCUT2D eigenvalue weighted by atomic mass is 9.89. The summed E-state index contributed by atoms with van der Waals surface area (Å²) in [5.41, 5.74) is 6.19. The molecule has 5 heteroatoms. The number of aliphatic hydroxyl groups is 1. The fourth-order valence-corrected chi connectivity index (χ4v) is 1.68. The molecule has 5 nitrogen and oxygen atoms in total. The van der Waals surface area contributed by atoms with Crippen molar-refractivity contribution in [1.29, 1.82) is 0 Å². The molecule has 1 atom stereocenters. The molecule has 0 bridgehead atoms. The smallest absolute Gasteiger partial charge is 0.272 e. The topological polar surface area (TPSA) is 88.2 Å². The molecule has 4 N–H and O–H groups in total. The standard InChI is InChI=1S/C13H21N3O2/c1-13(2,3)7-9(17)8-16-12(18)11-10(14)5-4-6-15-11/h4-6,9,17H,7-8,14H2,1-3H3,(H,16,18). The van der Waals surface area contributed by atoms with Gasteiger partial charge in [-0.15, -0.1) is 0 Å². The van der Waals surface area contributed by atoms with E-state index in [1.54, 1.807) is 12.1 Å². The Hall–Kier alpha value is -1.62. The molecule has 0 aliphatic heterocycles. The molecule has 0 aliphatic carbocycles. The van der Waals surface area contributed by atoms with Crippen LogP contribution in [0.2, 0.25) is 0 Å². The fourth-order valence-electron chi connectivity index (χ4n) is 1.68. The highest BCUT2D eigenvalue weighted by molar-refractivity contribution is 5.96. The van der Waals surface area contributed by atoms with Gasteiger partial charge in [0.1, 0.15) is 0 Å². The third kappa shape index (κ3) is 4.71. The van der Waals surface area contributed by atoms with Crippen LogP contribution in [0.25, 0.3) is 0 Å². The Kier molecular flexibility index (Phi) is 4.67. The molecule has 0 saturated carbocycles. The van der Waals surface area contributed by atoms with Gasteiger partial charge in [-0.3, -0.25) is 4.79 Å². The van der Waals surface area contributed by atoms with E-state index in [4.69, 9.17) is 5.73 Å². The van der Waals surface area contributed by atoms with Crippen LogP contribution in [0.4, 0.5) is 5.69 Å². The molecule has 0 radical (unpaired) electrons. The van der Waals surface area contributed by atoms with Crippen LogP contribution in [0.3, 0.4) is 0 Å². The lowest BCUT2D eigenvalue weighted by molar-refractivity contribution is 0.0865. The molecule has 100 valence electrons.